The van der Waals surface area contributed by atoms with E-state index in [2.05, 4.69) is 46.6 Å². The fourth-order valence-electron chi connectivity index (χ4n) is 4.19. The number of hydrogen-bond acceptors (Lipinski definition) is 3. The molecule has 1 heterocycles. The van der Waals surface area contributed by atoms with Gasteiger partial charge in [0.05, 0.1) is 13.0 Å². The van der Waals surface area contributed by atoms with Gasteiger partial charge in [0, 0.05) is 13.1 Å². The minimum absolute atomic E-state index is 0.0545. The highest BCUT2D eigenvalue weighted by molar-refractivity contribution is 5.88. The zero-order valence-electron chi connectivity index (χ0n) is 17.9. The van der Waals surface area contributed by atoms with Crippen LogP contribution in [0.2, 0.25) is 0 Å². The third-order valence-electron chi connectivity index (χ3n) is 6.13. The van der Waals surface area contributed by atoms with Gasteiger partial charge >= 0.3 is 0 Å². The molecule has 0 aromatic heterocycles. The van der Waals surface area contributed by atoms with Gasteiger partial charge in [-0.2, -0.15) is 0 Å². The first-order chi connectivity index (χ1) is 14.6. The largest absolute Gasteiger partial charge is 0.497 e. The number of hydrogen-bond donors (Lipinski definition) is 1. The molecule has 1 amide bonds. The van der Waals surface area contributed by atoms with Crippen molar-refractivity contribution in [3.8, 4) is 5.75 Å². The van der Waals surface area contributed by atoms with Crippen LogP contribution in [0.5, 0.6) is 5.75 Å². The molecule has 156 valence electrons. The van der Waals surface area contributed by atoms with Crippen LogP contribution in [0, 0.1) is 0 Å². The summed E-state index contributed by atoms with van der Waals surface area (Å²) in [5, 5.41) is 5.38. The summed E-state index contributed by atoms with van der Waals surface area (Å²) in [5.74, 6) is 0.690. The number of fused-ring (bicyclic) bond motifs is 1. The van der Waals surface area contributed by atoms with E-state index in [-0.39, 0.29) is 11.8 Å². The molecule has 1 aliphatic heterocycles. The van der Waals surface area contributed by atoms with Gasteiger partial charge in [-0.3, -0.25) is 9.69 Å². The Bertz CT molecular complexity index is 1020. The van der Waals surface area contributed by atoms with Gasteiger partial charge < -0.3 is 10.1 Å². The molecule has 0 spiro atoms. The lowest BCUT2D eigenvalue weighted by Crippen LogP contribution is -2.28. The molecule has 4 rings (SSSR count). The second-order valence-corrected chi connectivity index (χ2v) is 8.16. The van der Waals surface area contributed by atoms with E-state index in [1.54, 1.807) is 7.11 Å². The highest BCUT2D eigenvalue weighted by Crippen LogP contribution is 2.25. The molecule has 1 saturated heterocycles. The first-order valence-corrected chi connectivity index (χ1v) is 10.8. The van der Waals surface area contributed by atoms with Gasteiger partial charge in [0.25, 0.3) is 0 Å². The maximum Gasteiger partial charge on any atom is 0.227 e. The molecule has 3 aromatic carbocycles. The number of nitrogens with one attached hydrogen (secondary N) is 1. The third-order valence-corrected chi connectivity index (χ3v) is 6.13. The molecule has 0 radical (unpaired) electrons. The van der Waals surface area contributed by atoms with Gasteiger partial charge in [0.2, 0.25) is 5.91 Å². The Morgan fingerprint density at radius 1 is 1.00 bits per heavy atom. The lowest BCUT2D eigenvalue weighted by atomic mass is 9.96. The number of benzene rings is 3. The number of methoxy groups -OCH3 is 1. The van der Waals surface area contributed by atoms with Crippen molar-refractivity contribution in [2.75, 3.05) is 20.2 Å². The molecular weight excluding hydrogens is 372 g/mol. The minimum Gasteiger partial charge on any atom is -0.497 e. The number of nitrogens with zero attached hydrogens (tertiary/aromatic N) is 1. The average molecular weight is 403 g/mol. The normalized spacial score (nSPS) is 15.3. The molecular formula is C26H30N2O2. The predicted octanol–water partition coefficient (Wildman–Crippen LogP) is 4.86. The van der Waals surface area contributed by atoms with Crippen molar-refractivity contribution >= 4 is 16.7 Å². The standard InChI is InChI=1S/C26H30N2O2/c1-19(20-9-10-22-16-25(30-2)12-11-21(22)15-20)26(29)27-17-23-7-3-4-8-24(23)18-28-13-5-6-14-28/h3-4,7-12,15-16,19H,5-6,13-14,17-18H2,1-2H3,(H,27,29)/t19-/m0/s1. The summed E-state index contributed by atoms with van der Waals surface area (Å²) in [6.07, 6.45) is 2.57. The van der Waals surface area contributed by atoms with Crippen molar-refractivity contribution in [2.24, 2.45) is 0 Å². The van der Waals surface area contributed by atoms with Crippen molar-refractivity contribution < 1.29 is 9.53 Å². The van der Waals surface area contributed by atoms with Gasteiger partial charge in [-0.15, -0.1) is 0 Å². The summed E-state index contributed by atoms with van der Waals surface area (Å²) in [7, 11) is 1.67. The smallest absolute Gasteiger partial charge is 0.227 e. The lowest BCUT2D eigenvalue weighted by Gasteiger charge is -2.18. The van der Waals surface area contributed by atoms with E-state index in [1.165, 1.54) is 37.1 Å². The first-order valence-electron chi connectivity index (χ1n) is 10.8. The Hall–Kier alpha value is -2.85. The molecule has 1 N–H and O–H groups in total. The third kappa shape index (κ3) is 4.65. The Kier molecular flexibility index (Phi) is 6.34. The highest BCUT2D eigenvalue weighted by Gasteiger charge is 2.17. The van der Waals surface area contributed by atoms with E-state index in [9.17, 15) is 4.79 Å². The molecule has 4 heteroatoms. The van der Waals surface area contributed by atoms with Crippen LogP contribution in [0.15, 0.2) is 60.7 Å². The topological polar surface area (TPSA) is 41.6 Å². The Labute approximate surface area is 178 Å². The second-order valence-electron chi connectivity index (χ2n) is 8.16. The summed E-state index contributed by atoms with van der Waals surface area (Å²) in [6, 6.07) is 20.6. The Balaban J connectivity index is 1.42. The van der Waals surface area contributed by atoms with Gasteiger partial charge in [-0.1, -0.05) is 48.5 Å². The Morgan fingerprint density at radius 2 is 1.70 bits per heavy atom. The summed E-state index contributed by atoms with van der Waals surface area (Å²) in [4.78, 5) is 15.4. The van der Waals surface area contributed by atoms with Gasteiger partial charge in [0.1, 0.15) is 5.75 Å². The molecule has 0 bridgehead atoms. The molecule has 1 fully saturated rings. The highest BCUT2D eigenvalue weighted by atomic mass is 16.5. The summed E-state index contributed by atoms with van der Waals surface area (Å²) < 4.78 is 5.30. The fourth-order valence-corrected chi connectivity index (χ4v) is 4.19. The zero-order chi connectivity index (χ0) is 20.9. The van der Waals surface area contributed by atoms with E-state index < -0.39 is 0 Å². The number of likely N-dealkylation sites (tertiary alicyclic amines) is 1. The molecule has 0 saturated carbocycles. The summed E-state index contributed by atoms with van der Waals surface area (Å²) in [5.41, 5.74) is 3.54. The minimum atomic E-state index is -0.206. The summed E-state index contributed by atoms with van der Waals surface area (Å²) >= 11 is 0. The predicted molar refractivity (Wildman–Crippen MR) is 122 cm³/mol. The monoisotopic (exact) mass is 402 g/mol. The zero-order valence-corrected chi connectivity index (χ0v) is 17.9. The van der Waals surface area contributed by atoms with Crippen molar-refractivity contribution in [3.05, 3.63) is 77.4 Å². The van der Waals surface area contributed by atoms with Crippen LogP contribution in [0.3, 0.4) is 0 Å². The van der Waals surface area contributed by atoms with Crippen LogP contribution in [0.25, 0.3) is 10.8 Å². The number of carbonyl (C=O) groups is 1. The molecule has 3 aromatic rings. The molecule has 4 nitrogen and oxygen atoms in total. The van der Waals surface area contributed by atoms with Crippen LogP contribution in [-0.4, -0.2) is 31.0 Å². The fraction of sp³-hybridized carbons (Fsp3) is 0.346. The van der Waals surface area contributed by atoms with Gasteiger partial charge in [0.15, 0.2) is 0 Å². The number of ether oxygens (including phenoxy) is 1. The van der Waals surface area contributed by atoms with Gasteiger partial charge in [-0.05, 0) is 72.5 Å². The van der Waals surface area contributed by atoms with E-state index in [0.717, 1.165) is 28.6 Å². The van der Waals surface area contributed by atoms with Crippen LogP contribution in [-0.2, 0) is 17.9 Å². The maximum absolute atomic E-state index is 12.9. The van der Waals surface area contributed by atoms with Crippen LogP contribution >= 0.6 is 0 Å². The maximum atomic E-state index is 12.9. The van der Waals surface area contributed by atoms with Crippen molar-refractivity contribution in [1.29, 1.82) is 0 Å². The van der Waals surface area contributed by atoms with Crippen molar-refractivity contribution in [3.63, 3.8) is 0 Å². The van der Waals surface area contributed by atoms with E-state index in [0.29, 0.717) is 6.54 Å². The Morgan fingerprint density at radius 3 is 2.47 bits per heavy atom. The quantitative estimate of drug-likeness (QED) is 0.613. The number of rotatable bonds is 7. The molecule has 1 atom stereocenters. The van der Waals surface area contributed by atoms with Crippen LogP contribution in [0.1, 0.15) is 42.4 Å². The van der Waals surface area contributed by atoms with Crippen LogP contribution in [0.4, 0.5) is 0 Å². The molecule has 1 aliphatic rings. The first kappa shape index (κ1) is 20.4. The lowest BCUT2D eigenvalue weighted by molar-refractivity contribution is -0.122. The van der Waals surface area contributed by atoms with Crippen molar-refractivity contribution in [1.82, 2.24) is 10.2 Å². The summed E-state index contributed by atoms with van der Waals surface area (Å²) in [6.45, 7) is 5.85. The van der Waals surface area contributed by atoms with E-state index >= 15 is 0 Å². The van der Waals surface area contributed by atoms with E-state index in [1.807, 2.05) is 31.2 Å². The van der Waals surface area contributed by atoms with Crippen LogP contribution < -0.4 is 10.1 Å². The number of amides is 1. The van der Waals surface area contributed by atoms with Gasteiger partial charge in [-0.25, -0.2) is 0 Å². The second kappa shape index (κ2) is 9.31. The molecule has 0 unspecified atom stereocenters. The van der Waals surface area contributed by atoms with E-state index in [4.69, 9.17) is 4.74 Å². The molecule has 30 heavy (non-hydrogen) atoms. The molecule has 0 aliphatic carbocycles. The number of carbonyl (C=O) groups excluding carboxylic acids is 1. The SMILES string of the molecule is COc1ccc2cc([C@H](C)C(=O)NCc3ccccc3CN3CCCC3)ccc2c1. The average Bonchev–Trinajstić information content (AvgIpc) is 3.30. The van der Waals surface area contributed by atoms with Crippen molar-refractivity contribution in [2.45, 2.75) is 38.8 Å².